The molecule has 3 aromatic rings. The van der Waals surface area contributed by atoms with Crippen molar-refractivity contribution in [1.82, 2.24) is 4.98 Å². The molecule has 0 aliphatic carbocycles. The second-order valence-corrected chi connectivity index (χ2v) is 5.09. The van der Waals surface area contributed by atoms with Crippen LogP contribution in [0.2, 0.25) is 0 Å². The Morgan fingerprint density at radius 2 is 1.38 bits per heavy atom. The van der Waals surface area contributed by atoms with Gasteiger partial charge < -0.3 is 5.32 Å². The van der Waals surface area contributed by atoms with Gasteiger partial charge in [-0.2, -0.15) is 0 Å². The summed E-state index contributed by atoms with van der Waals surface area (Å²) in [7, 11) is 0. The van der Waals surface area contributed by atoms with Gasteiger partial charge in [-0.3, -0.25) is 4.98 Å². The van der Waals surface area contributed by atoms with Gasteiger partial charge in [0.2, 0.25) is 0 Å². The Balaban J connectivity index is 1.99. The van der Waals surface area contributed by atoms with Gasteiger partial charge >= 0.3 is 0 Å². The number of hydrogen-bond acceptors (Lipinski definition) is 2. The SMILES string of the molecule is Cc1cnccc1NC(c1ccccc1)c1ccccc1. The first-order valence-corrected chi connectivity index (χ1v) is 7.11. The topological polar surface area (TPSA) is 24.9 Å². The number of nitrogens with zero attached hydrogens (tertiary/aromatic N) is 1. The smallest absolute Gasteiger partial charge is 0.0767 e. The minimum Gasteiger partial charge on any atom is -0.374 e. The minimum absolute atomic E-state index is 0.133. The van der Waals surface area contributed by atoms with Gasteiger partial charge in [0.05, 0.1) is 6.04 Å². The largest absolute Gasteiger partial charge is 0.374 e. The van der Waals surface area contributed by atoms with Gasteiger partial charge in [0, 0.05) is 18.1 Å². The minimum atomic E-state index is 0.133. The van der Waals surface area contributed by atoms with Gasteiger partial charge in [0.25, 0.3) is 0 Å². The molecule has 0 saturated carbocycles. The van der Waals surface area contributed by atoms with E-state index >= 15 is 0 Å². The summed E-state index contributed by atoms with van der Waals surface area (Å²) >= 11 is 0. The zero-order chi connectivity index (χ0) is 14.5. The van der Waals surface area contributed by atoms with Crippen LogP contribution in [0.1, 0.15) is 22.7 Å². The Hall–Kier alpha value is -2.61. The summed E-state index contributed by atoms with van der Waals surface area (Å²) < 4.78 is 0. The first-order valence-electron chi connectivity index (χ1n) is 7.11. The van der Waals surface area contributed by atoms with Crippen LogP contribution in [0.3, 0.4) is 0 Å². The van der Waals surface area contributed by atoms with Gasteiger partial charge in [-0.05, 0) is 29.7 Å². The lowest BCUT2D eigenvalue weighted by Crippen LogP contribution is -2.13. The standard InChI is InChI=1S/C19H18N2/c1-15-14-20-13-12-18(15)21-19(16-8-4-2-5-9-16)17-10-6-3-7-11-17/h2-14,19H,1H3,(H,20,21). The fourth-order valence-corrected chi connectivity index (χ4v) is 2.44. The summed E-state index contributed by atoms with van der Waals surface area (Å²) in [5.41, 5.74) is 4.76. The molecule has 0 atom stereocenters. The van der Waals surface area contributed by atoms with E-state index in [1.807, 2.05) is 30.6 Å². The second kappa shape index (κ2) is 6.23. The van der Waals surface area contributed by atoms with Crippen molar-refractivity contribution < 1.29 is 0 Å². The van der Waals surface area contributed by atoms with Gasteiger partial charge in [0.15, 0.2) is 0 Å². The maximum atomic E-state index is 4.16. The summed E-state index contributed by atoms with van der Waals surface area (Å²) in [6.45, 7) is 2.07. The molecule has 1 heterocycles. The van der Waals surface area contributed by atoms with Gasteiger partial charge in [0.1, 0.15) is 0 Å². The highest BCUT2D eigenvalue weighted by Crippen LogP contribution is 2.27. The predicted octanol–water partition coefficient (Wildman–Crippen LogP) is 4.59. The molecule has 0 saturated heterocycles. The van der Waals surface area contributed by atoms with Crippen molar-refractivity contribution >= 4 is 5.69 Å². The number of hydrogen-bond donors (Lipinski definition) is 1. The molecule has 1 aromatic heterocycles. The average Bonchev–Trinajstić information content (AvgIpc) is 2.56. The Morgan fingerprint density at radius 3 is 1.90 bits per heavy atom. The molecule has 2 heteroatoms. The highest BCUT2D eigenvalue weighted by atomic mass is 14.9. The van der Waals surface area contributed by atoms with Crippen molar-refractivity contribution in [2.24, 2.45) is 0 Å². The Bertz CT molecular complexity index is 654. The van der Waals surface area contributed by atoms with E-state index in [-0.39, 0.29) is 6.04 Å². The quantitative estimate of drug-likeness (QED) is 0.752. The van der Waals surface area contributed by atoms with Crippen LogP contribution in [-0.4, -0.2) is 4.98 Å². The number of aromatic nitrogens is 1. The normalized spacial score (nSPS) is 10.6. The van der Waals surface area contributed by atoms with Crippen LogP contribution in [0.5, 0.6) is 0 Å². The molecule has 0 spiro atoms. The molecule has 0 unspecified atom stereocenters. The highest BCUT2D eigenvalue weighted by Gasteiger charge is 2.14. The van der Waals surface area contributed by atoms with Crippen LogP contribution < -0.4 is 5.32 Å². The van der Waals surface area contributed by atoms with E-state index in [2.05, 4.69) is 65.8 Å². The molecule has 0 fully saturated rings. The molecule has 104 valence electrons. The summed E-state index contributed by atoms with van der Waals surface area (Å²) in [5, 5.41) is 3.64. The monoisotopic (exact) mass is 274 g/mol. The first kappa shape index (κ1) is 13.4. The number of nitrogens with one attached hydrogen (secondary N) is 1. The van der Waals surface area contributed by atoms with Crippen LogP contribution in [0.25, 0.3) is 0 Å². The summed E-state index contributed by atoms with van der Waals surface area (Å²) in [6.07, 6.45) is 3.71. The van der Waals surface area contributed by atoms with Crippen molar-refractivity contribution in [2.75, 3.05) is 5.32 Å². The molecule has 1 N–H and O–H groups in total. The maximum Gasteiger partial charge on any atom is 0.0767 e. The number of rotatable bonds is 4. The number of anilines is 1. The Labute approximate surface area is 125 Å². The first-order chi connectivity index (χ1) is 10.3. The van der Waals surface area contributed by atoms with Crippen LogP contribution in [0.4, 0.5) is 5.69 Å². The molecule has 2 nitrogen and oxygen atoms in total. The van der Waals surface area contributed by atoms with Crippen molar-refractivity contribution in [3.05, 3.63) is 95.8 Å². The van der Waals surface area contributed by atoms with E-state index < -0.39 is 0 Å². The molecule has 0 aliphatic rings. The Morgan fingerprint density at radius 1 is 0.810 bits per heavy atom. The predicted molar refractivity (Wildman–Crippen MR) is 87.3 cm³/mol. The van der Waals surface area contributed by atoms with Gasteiger partial charge in [-0.15, -0.1) is 0 Å². The second-order valence-electron chi connectivity index (χ2n) is 5.09. The van der Waals surface area contributed by atoms with Crippen molar-refractivity contribution in [2.45, 2.75) is 13.0 Å². The molecule has 0 radical (unpaired) electrons. The lowest BCUT2D eigenvalue weighted by Gasteiger charge is -2.22. The third kappa shape index (κ3) is 3.11. The van der Waals surface area contributed by atoms with Crippen LogP contribution >= 0.6 is 0 Å². The molecule has 2 aromatic carbocycles. The molecule has 21 heavy (non-hydrogen) atoms. The highest BCUT2D eigenvalue weighted by molar-refractivity contribution is 5.53. The number of aryl methyl sites for hydroxylation is 1. The van der Waals surface area contributed by atoms with E-state index in [0.717, 1.165) is 11.3 Å². The average molecular weight is 274 g/mol. The van der Waals surface area contributed by atoms with Crippen LogP contribution in [0, 0.1) is 6.92 Å². The van der Waals surface area contributed by atoms with Gasteiger partial charge in [-0.1, -0.05) is 60.7 Å². The lowest BCUT2D eigenvalue weighted by molar-refractivity contribution is 0.935. The van der Waals surface area contributed by atoms with Gasteiger partial charge in [-0.25, -0.2) is 0 Å². The third-order valence-electron chi connectivity index (χ3n) is 3.59. The van der Waals surface area contributed by atoms with E-state index in [0.29, 0.717) is 0 Å². The van der Waals surface area contributed by atoms with E-state index in [4.69, 9.17) is 0 Å². The van der Waals surface area contributed by atoms with Crippen LogP contribution in [-0.2, 0) is 0 Å². The zero-order valence-electron chi connectivity index (χ0n) is 12.0. The number of benzene rings is 2. The molecule has 0 amide bonds. The Kier molecular flexibility index (Phi) is 3.97. The number of pyridine rings is 1. The fourth-order valence-electron chi connectivity index (χ4n) is 2.44. The van der Waals surface area contributed by atoms with Crippen molar-refractivity contribution in [1.29, 1.82) is 0 Å². The summed E-state index contributed by atoms with van der Waals surface area (Å²) in [6, 6.07) is 23.2. The summed E-state index contributed by atoms with van der Waals surface area (Å²) in [4.78, 5) is 4.16. The van der Waals surface area contributed by atoms with Crippen molar-refractivity contribution in [3.8, 4) is 0 Å². The van der Waals surface area contributed by atoms with E-state index in [1.54, 1.807) is 0 Å². The molecule has 0 aliphatic heterocycles. The lowest BCUT2D eigenvalue weighted by atomic mass is 9.98. The summed E-state index contributed by atoms with van der Waals surface area (Å²) in [5.74, 6) is 0. The van der Waals surface area contributed by atoms with E-state index in [1.165, 1.54) is 11.1 Å². The molecular formula is C19H18N2. The van der Waals surface area contributed by atoms with E-state index in [9.17, 15) is 0 Å². The fraction of sp³-hybridized carbons (Fsp3) is 0.105. The van der Waals surface area contributed by atoms with Crippen molar-refractivity contribution in [3.63, 3.8) is 0 Å². The molecule has 3 rings (SSSR count). The van der Waals surface area contributed by atoms with Crippen LogP contribution in [0.15, 0.2) is 79.1 Å². The third-order valence-corrected chi connectivity index (χ3v) is 3.59. The molecular weight excluding hydrogens is 256 g/mol. The molecule has 0 bridgehead atoms. The zero-order valence-corrected chi connectivity index (χ0v) is 12.0. The maximum absolute atomic E-state index is 4.16.